The lowest BCUT2D eigenvalue weighted by Gasteiger charge is -2.21. The van der Waals surface area contributed by atoms with E-state index in [0.717, 1.165) is 37.1 Å². The van der Waals surface area contributed by atoms with Crippen LogP contribution in [0.4, 0.5) is 0 Å². The summed E-state index contributed by atoms with van der Waals surface area (Å²) in [5.74, 6) is 0.513. The molecule has 1 aromatic heterocycles. The molecule has 1 fully saturated rings. The zero-order chi connectivity index (χ0) is 17.8. The molecule has 142 valence electrons. The molecule has 0 spiro atoms. The minimum Gasteiger partial charge on any atom is -0.335 e. The van der Waals surface area contributed by atoms with Gasteiger partial charge in [0.05, 0.1) is 24.0 Å². The molecule has 2 N–H and O–H groups in total. The van der Waals surface area contributed by atoms with Crippen molar-refractivity contribution in [3.05, 3.63) is 53.3 Å². The van der Waals surface area contributed by atoms with Gasteiger partial charge >= 0.3 is 0 Å². The number of carbonyl (C=O) groups excluding carboxylic acids is 1. The molecule has 2 aromatic rings. The third kappa shape index (κ3) is 4.27. The predicted molar refractivity (Wildman–Crippen MR) is 107 cm³/mol. The number of rotatable bonds is 6. The number of aromatic nitrogens is 2. The van der Waals surface area contributed by atoms with Crippen LogP contribution in [0.5, 0.6) is 0 Å². The Balaban J connectivity index is 0.00000243. The number of carbonyl (C=O) groups is 1. The fraction of sp³-hybridized carbons (Fsp3) is 0.500. The Hall–Kier alpha value is -1.85. The van der Waals surface area contributed by atoms with Crippen molar-refractivity contribution in [3.63, 3.8) is 0 Å². The number of likely N-dealkylation sites (tertiary alicyclic amines) is 1. The van der Waals surface area contributed by atoms with Crippen LogP contribution in [0, 0.1) is 5.92 Å². The summed E-state index contributed by atoms with van der Waals surface area (Å²) in [6.45, 7) is 6.35. The molecule has 6 heteroatoms. The molecule has 5 nitrogen and oxygen atoms in total. The fourth-order valence-electron chi connectivity index (χ4n) is 3.73. The highest BCUT2D eigenvalue weighted by Crippen LogP contribution is 2.25. The molecule has 0 aliphatic carbocycles. The zero-order valence-electron chi connectivity index (χ0n) is 15.6. The van der Waals surface area contributed by atoms with Gasteiger partial charge in [-0.2, -0.15) is 5.10 Å². The molecule has 2 heterocycles. The molecule has 0 radical (unpaired) electrons. The summed E-state index contributed by atoms with van der Waals surface area (Å²) in [5, 5.41) is 4.53. The number of nitrogens with zero attached hydrogens (tertiary/aromatic N) is 3. The normalized spacial score (nSPS) is 19.4. The van der Waals surface area contributed by atoms with Gasteiger partial charge in [0.1, 0.15) is 0 Å². The van der Waals surface area contributed by atoms with Crippen molar-refractivity contribution >= 4 is 18.3 Å². The van der Waals surface area contributed by atoms with Crippen LogP contribution in [-0.2, 0) is 13.0 Å². The summed E-state index contributed by atoms with van der Waals surface area (Å²) < 4.78 is 1.98. The lowest BCUT2D eigenvalue weighted by atomic mass is 10.1. The average Bonchev–Trinajstić information content (AvgIpc) is 3.19. The van der Waals surface area contributed by atoms with Gasteiger partial charge in [0.25, 0.3) is 5.91 Å². The van der Waals surface area contributed by atoms with E-state index < -0.39 is 0 Å². The molecule has 0 saturated carbocycles. The summed E-state index contributed by atoms with van der Waals surface area (Å²) in [7, 11) is 0. The smallest absolute Gasteiger partial charge is 0.257 e. The predicted octanol–water partition coefficient (Wildman–Crippen LogP) is 3.12. The molecule has 0 bridgehead atoms. The lowest BCUT2D eigenvalue weighted by molar-refractivity contribution is 0.0742. The number of amides is 1. The van der Waals surface area contributed by atoms with Crippen molar-refractivity contribution in [3.8, 4) is 0 Å². The summed E-state index contributed by atoms with van der Waals surface area (Å²) in [6.07, 6.45) is 4.58. The third-order valence-corrected chi connectivity index (χ3v) is 5.10. The zero-order valence-corrected chi connectivity index (χ0v) is 16.4. The molecule has 1 saturated heterocycles. The first-order valence-electron chi connectivity index (χ1n) is 9.23. The molecule has 2 atom stereocenters. The van der Waals surface area contributed by atoms with E-state index in [2.05, 4.69) is 31.1 Å². The number of benzene rings is 1. The van der Waals surface area contributed by atoms with Crippen LogP contribution in [0.15, 0.2) is 36.5 Å². The van der Waals surface area contributed by atoms with Gasteiger partial charge in [-0.05, 0) is 37.8 Å². The first-order valence-corrected chi connectivity index (χ1v) is 9.23. The summed E-state index contributed by atoms with van der Waals surface area (Å²) in [4.78, 5) is 15.1. The van der Waals surface area contributed by atoms with Crippen LogP contribution >= 0.6 is 12.4 Å². The highest BCUT2D eigenvalue weighted by atomic mass is 35.5. The maximum Gasteiger partial charge on any atom is 0.257 e. The van der Waals surface area contributed by atoms with Crippen LogP contribution in [0.25, 0.3) is 0 Å². The number of nitrogens with two attached hydrogens (primary N) is 1. The van der Waals surface area contributed by atoms with Crippen molar-refractivity contribution in [1.29, 1.82) is 0 Å². The number of hydrogen-bond donors (Lipinski definition) is 1. The Morgan fingerprint density at radius 1 is 1.31 bits per heavy atom. The minimum atomic E-state index is 0. The van der Waals surface area contributed by atoms with Gasteiger partial charge in [-0.25, -0.2) is 0 Å². The van der Waals surface area contributed by atoms with Crippen molar-refractivity contribution in [2.75, 3.05) is 13.1 Å². The van der Waals surface area contributed by atoms with Crippen LogP contribution in [0.2, 0.25) is 0 Å². The Morgan fingerprint density at radius 2 is 2.04 bits per heavy atom. The fourth-order valence-corrected chi connectivity index (χ4v) is 3.73. The van der Waals surface area contributed by atoms with Gasteiger partial charge in [0.2, 0.25) is 0 Å². The van der Waals surface area contributed by atoms with Gasteiger partial charge in [-0.3, -0.25) is 9.48 Å². The second kappa shape index (κ2) is 9.19. The van der Waals surface area contributed by atoms with E-state index in [1.807, 2.05) is 27.8 Å². The van der Waals surface area contributed by atoms with Gasteiger partial charge in [0.15, 0.2) is 0 Å². The molecule has 1 aliphatic heterocycles. The largest absolute Gasteiger partial charge is 0.335 e. The third-order valence-electron chi connectivity index (χ3n) is 5.10. The molecular formula is C20H29ClN4O. The van der Waals surface area contributed by atoms with E-state index in [0.29, 0.717) is 19.0 Å². The highest BCUT2D eigenvalue weighted by Gasteiger charge is 2.33. The lowest BCUT2D eigenvalue weighted by Crippen LogP contribution is -2.35. The van der Waals surface area contributed by atoms with E-state index >= 15 is 0 Å². The molecule has 2 unspecified atom stereocenters. The van der Waals surface area contributed by atoms with Crippen LogP contribution < -0.4 is 5.73 Å². The summed E-state index contributed by atoms with van der Waals surface area (Å²) in [5.41, 5.74) is 8.80. The van der Waals surface area contributed by atoms with Crippen LogP contribution in [-0.4, -0.2) is 39.7 Å². The molecule has 1 aliphatic rings. The van der Waals surface area contributed by atoms with Gasteiger partial charge in [-0.1, -0.05) is 43.7 Å². The summed E-state index contributed by atoms with van der Waals surface area (Å²) >= 11 is 0. The second-order valence-corrected chi connectivity index (χ2v) is 7.04. The van der Waals surface area contributed by atoms with Gasteiger partial charge in [-0.15, -0.1) is 12.4 Å². The SMILES string of the molecule is CCCc1c(C(=O)N2CC(CN)CC2C)cnn1Cc1ccccc1.Cl. The van der Waals surface area contributed by atoms with Crippen molar-refractivity contribution < 1.29 is 4.79 Å². The van der Waals surface area contributed by atoms with E-state index in [-0.39, 0.29) is 24.4 Å². The Morgan fingerprint density at radius 3 is 2.65 bits per heavy atom. The highest BCUT2D eigenvalue weighted by molar-refractivity contribution is 5.95. The second-order valence-electron chi connectivity index (χ2n) is 7.04. The maximum atomic E-state index is 13.1. The first-order chi connectivity index (χ1) is 12.1. The standard InChI is InChI=1S/C20H28N4O.ClH/c1-3-7-19-18(20(25)23-13-17(11-21)10-15(23)2)12-22-24(19)14-16-8-5-4-6-9-16;/h4-6,8-9,12,15,17H,3,7,10-11,13-14,21H2,1-2H3;1H. The van der Waals surface area contributed by atoms with E-state index in [1.54, 1.807) is 6.20 Å². The monoisotopic (exact) mass is 376 g/mol. The molecule has 1 aromatic carbocycles. The average molecular weight is 377 g/mol. The van der Waals surface area contributed by atoms with E-state index in [9.17, 15) is 4.79 Å². The maximum absolute atomic E-state index is 13.1. The Bertz CT molecular complexity index is 716. The van der Waals surface area contributed by atoms with Crippen LogP contribution in [0.1, 0.15) is 48.3 Å². The number of hydrogen-bond acceptors (Lipinski definition) is 3. The Kier molecular flexibility index (Phi) is 7.23. The molecule has 26 heavy (non-hydrogen) atoms. The van der Waals surface area contributed by atoms with E-state index in [1.165, 1.54) is 5.56 Å². The van der Waals surface area contributed by atoms with Crippen LogP contribution in [0.3, 0.4) is 0 Å². The molecule has 1 amide bonds. The van der Waals surface area contributed by atoms with Gasteiger partial charge < -0.3 is 10.6 Å². The van der Waals surface area contributed by atoms with Crippen molar-refractivity contribution in [2.24, 2.45) is 11.7 Å². The summed E-state index contributed by atoms with van der Waals surface area (Å²) in [6, 6.07) is 10.5. The Labute approximate surface area is 162 Å². The molecule has 3 rings (SSSR count). The first kappa shape index (κ1) is 20.5. The quantitative estimate of drug-likeness (QED) is 0.842. The topological polar surface area (TPSA) is 64.2 Å². The number of halogens is 1. The van der Waals surface area contributed by atoms with Crippen molar-refractivity contribution in [1.82, 2.24) is 14.7 Å². The van der Waals surface area contributed by atoms with E-state index in [4.69, 9.17) is 5.73 Å². The molecular weight excluding hydrogens is 348 g/mol. The van der Waals surface area contributed by atoms with Gasteiger partial charge in [0, 0.05) is 12.6 Å². The minimum absolute atomic E-state index is 0. The van der Waals surface area contributed by atoms with Crippen molar-refractivity contribution in [2.45, 2.75) is 45.7 Å².